The average Bonchev–Trinajstić information content (AvgIpc) is 2.88. The number of hydrogen-bond acceptors (Lipinski definition) is 4. The largest absolute Gasteiger partial charge is 0.466 e. The van der Waals surface area contributed by atoms with Gasteiger partial charge in [-0.15, -0.1) is 0 Å². The van der Waals surface area contributed by atoms with E-state index in [0.29, 0.717) is 25.3 Å². The maximum Gasteiger partial charge on any atom is 0.310 e. The van der Waals surface area contributed by atoms with Gasteiger partial charge in [0.1, 0.15) is 0 Å². The second kappa shape index (κ2) is 6.94. The summed E-state index contributed by atoms with van der Waals surface area (Å²) in [7, 11) is 1.85. The smallest absolute Gasteiger partial charge is 0.310 e. The Hall–Kier alpha value is -1.85. The molecule has 1 aliphatic rings. The molecule has 0 bridgehead atoms. The summed E-state index contributed by atoms with van der Waals surface area (Å²) in [4.78, 5) is 26.4. The second-order valence-corrected chi connectivity index (χ2v) is 6.06. The number of carbonyl (C=O) groups is 2. The van der Waals surface area contributed by atoms with Crippen LogP contribution in [-0.2, 0) is 16.6 Å². The molecule has 122 valence electrons. The summed E-state index contributed by atoms with van der Waals surface area (Å²) in [6.45, 7) is 7.39. The minimum atomic E-state index is -0.211. The number of likely N-dealkylation sites (tertiary alicyclic amines) is 1. The Balaban J connectivity index is 2.14. The van der Waals surface area contributed by atoms with Crippen molar-refractivity contribution in [2.45, 2.75) is 39.5 Å². The molecule has 2 heterocycles. The van der Waals surface area contributed by atoms with Gasteiger partial charge in [-0.25, -0.2) is 0 Å². The van der Waals surface area contributed by atoms with Gasteiger partial charge in [-0.2, -0.15) is 5.10 Å². The number of rotatable bonds is 4. The van der Waals surface area contributed by atoms with Crippen LogP contribution in [0.3, 0.4) is 0 Å². The van der Waals surface area contributed by atoms with Crippen LogP contribution in [0.15, 0.2) is 6.20 Å². The van der Waals surface area contributed by atoms with Gasteiger partial charge in [0.05, 0.1) is 30.0 Å². The fourth-order valence-corrected chi connectivity index (χ4v) is 3.08. The van der Waals surface area contributed by atoms with E-state index in [1.165, 1.54) is 0 Å². The summed E-state index contributed by atoms with van der Waals surface area (Å²) in [6, 6.07) is 0. The molecule has 0 spiro atoms. The molecule has 1 aromatic rings. The van der Waals surface area contributed by atoms with Crippen LogP contribution >= 0.6 is 0 Å². The summed E-state index contributed by atoms with van der Waals surface area (Å²) in [5, 5.41) is 4.21. The van der Waals surface area contributed by atoms with E-state index in [1.807, 2.05) is 20.9 Å². The molecular weight excluding hydrogens is 282 g/mol. The van der Waals surface area contributed by atoms with Gasteiger partial charge < -0.3 is 9.64 Å². The van der Waals surface area contributed by atoms with Crippen molar-refractivity contribution < 1.29 is 14.3 Å². The SMILES string of the molecule is CCOC(=O)[C@@H]1CCCN(C(=O)c2cnn(C)c2C(C)C)C1. The van der Waals surface area contributed by atoms with E-state index in [-0.39, 0.29) is 23.7 Å². The van der Waals surface area contributed by atoms with Gasteiger partial charge >= 0.3 is 5.97 Å². The van der Waals surface area contributed by atoms with E-state index in [0.717, 1.165) is 18.5 Å². The third-order valence-electron chi connectivity index (χ3n) is 4.09. The summed E-state index contributed by atoms with van der Waals surface area (Å²) in [5.41, 5.74) is 1.57. The van der Waals surface area contributed by atoms with Crippen molar-refractivity contribution in [3.8, 4) is 0 Å². The van der Waals surface area contributed by atoms with Crippen LogP contribution in [0, 0.1) is 5.92 Å². The topological polar surface area (TPSA) is 64.4 Å². The van der Waals surface area contributed by atoms with Crippen molar-refractivity contribution in [1.82, 2.24) is 14.7 Å². The fraction of sp³-hybridized carbons (Fsp3) is 0.688. The van der Waals surface area contributed by atoms with Crippen molar-refractivity contribution in [3.63, 3.8) is 0 Å². The van der Waals surface area contributed by atoms with E-state index in [1.54, 1.807) is 22.7 Å². The molecule has 1 amide bonds. The molecular formula is C16H25N3O3. The number of amides is 1. The lowest BCUT2D eigenvalue weighted by molar-refractivity contribution is -0.149. The first-order valence-electron chi connectivity index (χ1n) is 7.93. The minimum Gasteiger partial charge on any atom is -0.466 e. The lowest BCUT2D eigenvalue weighted by Gasteiger charge is -2.31. The van der Waals surface area contributed by atoms with Crippen LogP contribution in [0.1, 0.15) is 55.6 Å². The number of nitrogens with zero attached hydrogens (tertiary/aromatic N) is 3. The molecule has 0 N–H and O–H groups in total. The predicted molar refractivity (Wildman–Crippen MR) is 82.6 cm³/mol. The maximum absolute atomic E-state index is 12.8. The van der Waals surface area contributed by atoms with Crippen molar-refractivity contribution >= 4 is 11.9 Å². The van der Waals surface area contributed by atoms with E-state index in [4.69, 9.17) is 4.74 Å². The number of carbonyl (C=O) groups excluding carboxylic acids is 2. The molecule has 0 saturated carbocycles. The Morgan fingerprint density at radius 2 is 2.18 bits per heavy atom. The van der Waals surface area contributed by atoms with Crippen molar-refractivity contribution in [1.29, 1.82) is 0 Å². The number of hydrogen-bond donors (Lipinski definition) is 0. The number of piperidine rings is 1. The number of ether oxygens (including phenoxy) is 1. The lowest BCUT2D eigenvalue weighted by Crippen LogP contribution is -2.43. The Kier molecular flexibility index (Phi) is 5.21. The third-order valence-corrected chi connectivity index (χ3v) is 4.09. The van der Waals surface area contributed by atoms with Gasteiger partial charge in [0, 0.05) is 20.1 Å². The molecule has 1 aliphatic heterocycles. The molecule has 0 aromatic carbocycles. The molecule has 0 unspecified atom stereocenters. The zero-order chi connectivity index (χ0) is 16.3. The number of esters is 1. The highest BCUT2D eigenvalue weighted by atomic mass is 16.5. The predicted octanol–water partition coefficient (Wildman–Crippen LogP) is 1.96. The molecule has 0 radical (unpaired) electrons. The first kappa shape index (κ1) is 16.5. The Morgan fingerprint density at radius 3 is 2.82 bits per heavy atom. The van der Waals surface area contributed by atoms with Crippen LogP contribution in [-0.4, -0.2) is 46.3 Å². The van der Waals surface area contributed by atoms with Gasteiger partial charge in [0.25, 0.3) is 5.91 Å². The molecule has 1 aromatic heterocycles. The summed E-state index contributed by atoms with van der Waals surface area (Å²) < 4.78 is 6.84. The first-order valence-corrected chi connectivity index (χ1v) is 7.93. The quantitative estimate of drug-likeness (QED) is 0.798. The molecule has 1 atom stereocenters. The van der Waals surface area contributed by atoms with Crippen LogP contribution in [0.5, 0.6) is 0 Å². The molecule has 1 saturated heterocycles. The highest BCUT2D eigenvalue weighted by molar-refractivity contribution is 5.95. The van der Waals surface area contributed by atoms with E-state index >= 15 is 0 Å². The van der Waals surface area contributed by atoms with Crippen molar-refractivity contribution in [2.24, 2.45) is 13.0 Å². The van der Waals surface area contributed by atoms with Crippen LogP contribution in [0.4, 0.5) is 0 Å². The van der Waals surface area contributed by atoms with E-state index < -0.39 is 0 Å². The van der Waals surface area contributed by atoms with Crippen LogP contribution < -0.4 is 0 Å². The fourth-order valence-electron chi connectivity index (χ4n) is 3.08. The van der Waals surface area contributed by atoms with Crippen LogP contribution in [0.25, 0.3) is 0 Å². The van der Waals surface area contributed by atoms with Gasteiger partial charge in [-0.05, 0) is 25.7 Å². The Labute approximate surface area is 131 Å². The van der Waals surface area contributed by atoms with E-state index in [9.17, 15) is 9.59 Å². The maximum atomic E-state index is 12.8. The second-order valence-electron chi connectivity index (χ2n) is 6.06. The Morgan fingerprint density at radius 1 is 1.45 bits per heavy atom. The molecule has 2 rings (SSSR count). The summed E-state index contributed by atoms with van der Waals surface area (Å²) >= 11 is 0. The van der Waals surface area contributed by atoms with Gasteiger partial charge in [-0.1, -0.05) is 13.8 Å². The molecule has 22 heavy (non-hydrogen) atoms. The Bertz CT molecular complexity index is 551. The van der Waals surface area contributed by atoms with Crippen molar-refractivity contribution in [3.05, 3.63) is 17.5 Å². The zero-order valence-corrected chi connectivity index (χ0v) is 13.8. The number of aryl methyl sites for hydroxylation is 1. The summed E-state index contributed by atoms with van der Waals surface area (Å²) in [6.07, 6.45) is 3.24. The number of aromatic nitrogens is 2. The van der Waals surface area contributed by atoms with Gasteiger partial charge in [0.2, 0.25) is 0 Å². The molecule has 0 aliphatic carbocycles. The van der Waals surface area contributed by atoms with Gasteiger partial charge in [-0.3, -0.25) is 14.3 Å². The highest BCUT2D eigenvalue weighted by Gasteiger charge is 2.31. The van der Waals surface area contributed by atoms with Crippen molar-refractivity contribution in [2.75, 3.05) is 19.7 Å². The highest BCUT2D eigenvalue weighted by Crippen LogP contribution is 2.24. The minimum absolute atomic E-state index is 0.0363. The normalized spacial score (nSPS) is 18.6. The molecule has 1 fully saturated rings. The lowest BCUT2D eigenvalue weighted by atomic mass is 9.97. The van der Waals surface area contributed by atoms with Gasteiger partial charge in [0.15, 0.2) is 0 Å². The molecule has 6 heteroatoms. The summed E-state index contributed by atoms with van der Waals surface area (Å²) in [5.74, 6) is -0.227. The average molecular weight is 307 g/mol. The zero-order valence-electron chi connectivity index (χ0n) is 13.8. The van der Waals surface area contributed by atoms with Crippen LogP contribution in [0.2, 0.25) is 0 Å². The monoisotopic (exact) mass is 307 g/mol. The van der Waals surface area contributed by atoms with E-state index in [2.05, 4.69) is 5.10 Å². The standard InChI is InChI=1S/C16H25N3O3/c1-5-22-16(21)12-7-6-8-19(10-12)15(20)13-9-17-18(4)14(13)11(2)3/h9,11-12H,5-8,10H2,1-4H3/t12-/m1/s1. The third kappa shape index (κ3) is 3.31. The molecule has 6 nitrogen and oxygen atoms in total. The first-order chi connectivity index (χ1) is 10.5.